The number of pyridine rings is 1. The number of amides is 1. The van der Waals surface area contributed by atoms with E-state index in [9.17, 15) is 14.9 Å². The van der Waals surface area contributed by atoms with Gasteiger partial charge in [0.05, 0.1) is 13.2 Å². The second-order valence-electron chi connectivity index (χ2n) is 11.9. The third-order valence-corrected chi connectivity index (χ3v) is 9.33. The number of aryl methyl sites for hydroxylation is 1. The average Bonchev–Trinajstić information content (AvgIpc) is 3.49. The number of nitriles is 1. The van der Waals surface area contributed by atoms with Crippen LogP contribution in [0.15, 0.2) is 71.8 Å². The zero-order valence-electron chi connectivity index (χ0n) is 24.2. The second-order valence-corrected chi connectivity index (χ2v) is 11.9. The first kappa shape index (κ1) is 27.8. The van der Waals surface area contributed by atoms with Gasteiger partial charge in [-0.3, -0.25) is 14.5 Å². The molecule has 1 aliphatic carbocycles. The van der Waals surface area contributed by atoms with Crippen molar-refractivity contribution in [3.05, 3.63) is 99.6 Å². The van der Waals surface area contributed by atoms with E-state index in [-0.39, 0.29) is 28.8 Å². The lowest BCUT2D eigenvalue weighted by molar-refractivity contribution is -0.0298. The van der Waals surface area contributed by atoms with Gasteiger partial charge in [-0.25, -0.2) is 0 Å². The summed E-state index contributed by atoms with van der Waals surface area (Å²) in [6, 6.07) is 19.8. The lowest BCUT2D eigenvalue weighted by atomic mass is 9.56. The Kier molecular flexibility index (Phi) is 7.61. The standard InChI is InChI=1S/C34H37N5O3/c1-23-17-30(42-2)28(27-10-12-36-32(23)27)22-39-15-11-34(18-24(19-34)21-35)20-29(39)25-6-8-26(9-7-25)33(41)37-13-16-38-14-4-3-5-31(38)40/h3-10,12,14,17,24,29,36H,11,13,15-16,18-20,22H2,1-2H3,(H,37,41)/t24?,29-,34?/m0/s1. The molecule has 1 atom stereocenters. The lowest BCUT2D eigenvalue weighted by Crippen LogP contribution is -2.48. The van der Waals surface area contributed by atoms with E-state index in [1.165, 1.54) is 22.6 Å². The second kappa shape index (κ2) is 11.5. The minimum Gasteiger partial charge on any atom is -0.496 e. The van der Waals surface area contributed by atoms with Crippen LogP contribution in [0, 0.1) is 29.6 Å². The number of nitrogens with one attached hydrogen (secondary N) is 2. The van der Waals surface area contributed by atoms with Gasteiger partial charge in [0.25, 0.3) is 11.5 Å². The molecular formula is C34H37N5O3. The first-order valence-electron chi connectivity index (χ1n) is 14.7. The van der Waals surface area contributed by atoms with Gasteiger partial charge in [-0.2, -0.15) is 5.26 Å². The van der Waals surface area contributed by atoms with Gasteiger partial charge in [0.15, 0.2) is 0 Å². The summed E-state index contributed by atoms with van der Waals surface area (Å²) in [6.07, 6.45) is 7.72. The minimum atomic E-state index is -0.155. The molecule has 1 saturated heterocycles. The molecular weight excluding hydrogens is 526 g/mol. The maximum atomic E-state index is 12.9. The van der Waals surface area contributed by atoms with E-state index in [1.54, 1.807) is 30.0 Å². The van der Waals surface area contributed by atoms with Crippen molar-refractivity contribution in [3.8, 4) is 11.8 Å². The molecule has 8 heteroatoms. The summed E-state index contributed by atoms with van der Waals surface area (Å²) >= 11 is 0. The monoisotopic (exact) mass is 563 g/mol. The Hall–Kier alpha value is -4.35. The summed E-state index contributed by atoms with van der Waals surface area (Å²) in [4.78, 5) is 30.7. The molecule has 2 N–H and O–H groups in total. The van der Waals surface area contributed by atoms with Crippen LogP contribution in [0.5, 0.6) is 5.75 Å². The van der Waals surface area contributed by atoms with E-state index in [2.05, 4.69) is 52.5 Å². The van der Waals surface area contributed by atoms with Gasteiger partial charge in [-0.15, -0.1) is 0 Å². The Bertz CT molecular complexity index is 1690. The number of hydrogen-bond acceptors (Lipinski definition) is 5. The predicted molar refractivity (Wildman–Crippen MR) is 162 cm³/mol. The molecule has 2 fully saturated rings. The predicted octanol–water partition coefficient (Wildman–Crippen LogP) is 5.33. The first-order valence-corrected chi connectivity index (χ1v) is 14.7. The number of ether oxygens (including phenoxy) is 1. The first-order chi connectivity index (χ1) is 20.4. The number of fused-ring (bicyclic) bond motifs is 1. The summed E-state index contributed by atoms with van der Waals surface area (Å²) in [5.41, 5.74) is 5.37. The summed E-state index contributed by atoms with van der Waals surface area (Å²) in [7, 11) is 1.73. The molecule has 0 radical (unpaired) electrons. The van der Waals surface area contributed by atoms with Crippen molar-refractivity contribution in [1.29, 1.82) is 5.26 Å². The van der Waals surface area contributed by atoms with Crippen molar-refractivity contribution < 1.29 is 9.53 Å². The molecule has 8 nitrogen and oxygen atoms in total. The largest absolute Gasteiger partial charge is 0.496 e. The van der Waals surface area contributed by atoms with Gasteiger partial charge < -0.3 is 19.6 Å². The Morgan fingerprint density at radius 2 is 1.98 bits per heavy atom. The molecule has 6 rings (SSSR count). The van der Waals surface area contributed by atoms with E-state index in [4.69, 9.17) is 4.74 Å². The quantitative estimate of drug-likeness (QED) is 0.302. The number of benzene rings is 2. The molecule has 2 aromatic heterocycles. The highest BCUT2D eigenvalue weighted by Gasteiger charge is 2.49. The highest BCUT2D eigenvalue weighted by molar-refractivity contribution is 5.94. The van der Waals surface area contributed by atoms with E-state index in [0.29, 0.717) is 18.7 Å². The van der Waals surface area contributed by atoms with Crippen LogP contribution >= 0.6 is 0 Å². The summed E-state index contributed by atoms with van der Waals surface area (Å²) in [5, 5.41) is 13.6. The van der Waals surface area contributed by atoms with E-state index < -0.39 is 0 Å². The SMILES string of the molecule is COc1cc(C)c2[nH]ccc2c1CN1CCC2(CC(C#N)C2)C[C@H]1c1ccc(C(=O)NCCn2ccccc2=O)cc1. The molecule has 1 saturated carbocycles. The fraction of sp³-hybridized carbons (Fsp3) is 0.382. The highest BCUT2D eigenvalue weighted by atomic mass is 16.5. The van der Waals surface area contributed by atoms with Gasteiger partial charge in [-0.1, -0.05) is 18.2 Å². The van der Waals surface area contributed by atoms with Crippen molar-refractivity contribution in [1.82, 2.24) is 19.8 Å². The molecule has 4 aromatic rings. The molecule has 3 heterocycles. The van der Waals surface area contributed by atoms with Crippen LogP contribution < -0.4 is 15.6 Å². The number of nitrogens with zero attached hydrogens (tertiary/aromatic N) is 3. The summed E-state index contributed by atoms with van der Waals surface area (Å²) in [5.74, 6) is 0.904. The maximum Gasteiger partial charge on any atom is 0.251 e. The van der Waals surface area contributed by atoms with Crippen LogP contribution in [-0.4, -0.2) is 40.6 Å². The number of aromatic amines is 1. The average molecular weight is 564 g/mol. The Morgan fingerprint density at radius 1 is 1.17 bits per heavy atom. The number of hydrogen-bond donors (Lipinski definition) is 2. The molecule has 1 spiro atoms. The molecule has 2 aliphatic rings. The van der Waals surface area contributed by atoms with E-state index in [0.717, 1.165) is 55.6 Å². The fourth-order valence-electron chi connectivity index (χ4n) is 7.02. The van der Waals surface area contributed by atoms with Gasteiger partial charge in [0.1, 0.15) is 5.75 Å². The molecule has 1 amide bonds. The smallest absolute Gasteiger partial charge is 0.251 e. The van der Waals surface area contributed by atoms with Crippen molar-refractivity contribution in [3.63, 3.8) is 0 Å². The molecule has 42 heavy (non-hydrogen) atoms. The van der Waals surface area contributed by atoms with E-state index in [1.807, 2.05) is 18.3 Å². The van der Waals surface area contributed by atoms with E-state index >= 15 is 0 Å². The molecule has 1 aliphatic heterocycles. The summed E-state index contributed by atoms with van der Waals surface area (Å²) < 4.78 is 7.44. The number of H-pyrrole nitrogens is 1. The van der Waals surface area contributed by atoms with Gasteiger partial charge in [-0.05, 0) is 86.0 Å². The van der Waals surface area contributed by atoms with Crippen molar-refractivity contribution in [2.45, 2.75) is 51.7 Å². The number of carbonyl (C=O) groups is 1. The van der Waals surface area contributed by atoms with Gasteiger partial charge >= 0.3 is 0 Å². The van der Waals surface area contributed by atoms with Crippen LogP contribution in [0.1, 0.15) is 58.8 Å². The fourth-order valence-corrected chi connectivity index (χ4v) is 7.02. The zero-order valence-corrected chi connectivity index (χ0v) is 24.2. The molecule has 2 aromatic carbocycles. The van der Waals surface area contributed by atoms with Crippen LogP contribution in [0.25, 0.3) is 10.9 Å². The Balaban J connectivity index is 1.22. The Labute approximate surface area is 245 Å². The normalized spacial score (nSPS) is 22.0. The molecule has 216 valence electrons. The number of rotatable bonds is 8. The molecule has 0 unspecified atom stereocenters. The van der Waals surface area contributed by atoms with Crippen LogP contribution in [0.2, 0.25) is 0 Å². The van der Waals surface area contributed by atoms with Crippen molar-refractivity contribution >= 4 is 16.8 Å². The minimum absolute atomic E-state index is 0.0843. The van der Waals surface area contributed by atoms with Crippen molar-refractivity contribution in [2.24, 2.45) is 11.3 Å². The van der Waals surface area contributed by atoms with Crippen LogP contribution in [-0.2, 0) is 13.1 Å². The topological polar surface area (TPSA) is 103 Å². The number of aromatic nitrogens is 2. The molecule has 0 bridgehead atoms. The highest BCUT2D eigenvalue weighted by Crippen LogP contribution is 2.56. The number of methoxy groups -OCH3 is 1. The third-order valence-electron chi connectivity index (χ3n) is 9.33. The third kappa shape index (κ3) is 5.33. The lowest BCUT2D eigenvalue weighted by Gasteiger charge is -2.53. The van der Waals surface area contributed by atoms with Gasteiger partial charge in [0, 0.05) is 72.1 Å². The number of piperidine rings is 1. The van der Waals surface area contributed by atoms with Crippen LogP contribution in [0.3, 0.4) is 0 Å². The number of carbonyl (C=O) groups excluding carboxylic acids is 1. The van der Waals surface area contributed by atoms with Crippen LogP contribution in [0.4, 0.5) is 0 Å². The maximum absolute atomic E-state index is 12.9. The van der Waals surface area contributed by atoms with Crippen molar-refractivity contribution in [2.75, 3.05) is 20.2 Å². The zero-order chi connectivity index (χ0) is 29.3. The van der Waals surface area contributed by atoms with Gasteiger partial charge in [0.2, 0.25) is 0 Å². The number of likely N-dealkylation sites (tertiary alicyclic amines) is 1. The Morgan fingerprint density at radius 3 is 2.71 bits per heavy atom. The summed E-state index contributed by atoms with van der Waals surface area (Å²) in [6.45, 7) is 4.58.